The molecular formula is C62H37N3S. The Bertz CT molecular complexity index is 3900. The largest absolute Gasteiger partial charge is 0.208 e. The van der Waals surface area contributed by atoms with Gasteiger partial charge in [0.25, 0.3) is 0 Å². The molecule has 14 rings (SSSR count). The van der Waals surface area contributed by atoms with E-state index >= 15 is 0 Å². The zero-order chi connectivity index (χ0) is 43.3. The molecular weight excluding hydrogens is 819 g/mol. The Hall–Kier alpha value is -8.31. The van der Waals surface area contributed by atoms with Gasteiger partial charge in [-0.15, -0.1) is 11.3 Å². The van der Waals surface area contributed by atoms with E-state index in [2.05, 4.69) is 224 Å². The van der Waals surface area contributed by atoms with Crippen LogP contribution in [0.3, 0.4) is 0 Å². The Kier molecular flexibility index (Phi) is 8.07. The molecule has 3 nitrogen and oxygen atoms in total. The Morgan fingerprint density at radius 1 is 0.303 bits per heavy atom. The van der Waals surface area contributed by atoms with Crippen LogP contribution >= 0.6 is 11.3 Å². The second-order valence-corrected chi connectivity index (χ2v) is 18.4. The molecule has 0 N–H and O–H groups in total. The lowest BCUT2D eigenvalue weighted by Gasteiger charge is -2.30. The van der Waals surface area contributed by atoms with Crippen LogP contribution in [0.15, 0.2) is 224 Å². The van der Waals surface area contributed by atoms with Gasteiger partial charge in [-0.05, 0) is 89.7 Å². The number of aromatic nitrogens is 3. The van der Waals surface area contributed by atoms with Gasteiger partial charge < -0.3 is 0 Å². The third-order valence-electron chi connectivity index (χ3n) is 14.0. The summed E-state index contributed by atoms with van der Waals surface area (Å²) < 4.78 is 2.57. The highest BCUT2D eigenvalue weighted by molar-refractivity contribution is 7.26. The molecule has 4 heteroatoms. The third-order valence-corrected chi connectivity index (χ3v) is 15.2. The highest BCUT2D eigenvalue weighted by atomic mass is 32.1. The van der Waals surface area contributed by atoms with Crippen LogP contribution in [0.4, 0.5) is 0 Å². The Labute approximate surface area is 386 Å². The number of benzene rings is 10. The molecule has 2 aromatic heterocycles. The molecule has 0 amide bonds. The van der Waals surface area contributed by atoms with Crippen LogP contribution in [0.25, 0.3) is 110 Å². The molecule has 10 aromatic carbocycles. The van der Waals surface area contributed by atoms with Crippen LogP contribution in [0.1, 0.15) is 22.3 Å². The first-order valence-electron chi connectivity index (χ1n) is 22.5. The van der Waals surface area contributed by atoms with E-state index in [1.54, 1.807) is 0 Å². The minimum absolute atomic E-state index is 0.479. The maximum atomic E-state index is 5.47. The number of nitrogens with zero attached hydrogens (tertiary/aromatic N) is 3. The summed E-state index contributed by atoms with van der Waals surface area (Å²) in [6.45, 7) is 0. The van der Waals surface area contributed by atoms with Gasteiger partial charge in [-0.25, -0.2) is 15.0 Å². The monoisotopic (exact) mass is 855 g/mol. The number of fused-ring (bicyclic) bond motifs is 14. The van der Waals surface area contributed by atoms with Crippen molar-refractivity contribution in [2.24, 2.45) is 0 Å². The fourth-order valence-corrected chi connectivity index (χ4v) is 12.4. The highest BCUT2D eigenvalue weighted by Gasteiger charge is 2.52. The minimum Gasteiger partial charge on any atom is -0.208 e. The van der Waals surface area contributed by atoms with Crippen LogP contribution in [-0.2, 0) is 5.41 Å². The second kappa shape index (κ2) is 14.3. The normalized spacial score (nSPS) is 13.0. The van der Waals surface area contributed by atoms with Crippen LogP contribution in [0, 0.1) is 0 Å². The summed E-state index contributed by atoms with van der Waals surface area (Å²) in [4.78, 5) is 16.2. The molecule has 0 unspecified atom stereocenters. The third kappa shape index (κ3) is 5.34. The first kappa shape index (κ1) is 37.1. The van der Waals surface area contributed by atoms with Gasteiger partial charge in [0.15, 0.2) is 17.5 Å². The van der Waals surface area contributed by atoms with Crippen molar-refractivity contribution in [1.29, 1.82) is 0 Å². The van der Waals surface area contributed by atoms with Crippen molar-refractivity contribution in [3.05, 3.63) is 247 Å². The molecule has 0 radical (unpaired) electrons. The summed E-state index contributed by atoms with van der Waals surface area (Å²) in [5.41, 5.74) is 17.1. The molecule has 0 saturated carbocycles. The first-order valence-corrected chi connectivity index (χ1v) is 23.3. The smallest absolute Gasteiger partial charge is 0.164 e. The first-order chi connectivity index (χ1) is 32.7. The van der Waals surface area contributed by atoms with Gasteiger partial charge >= 0.3 is 0 Å². The van der Waals surface area contributed by atoms with E-state index in [0.29, 0.717) is 17.5 Å². The quantitative estimate of drug-likeness (QED) is 0.173. The van der Waals surface area contributed by atoms with Gasteiger partial charge in [0.1, 0.15) is 0 Å². The second-order valence-electron chi connectivity index (χ2n) is 17.4. The molecule has 0 aliphatic heterocycles. The van der Waals surface area contributed by atoms with Crippen LogP contribution < -0.4 is 0 Å². The fourth-order valence-electron chi connectivity index (χ4n) is 11.2. The van der Waals surface area contributed by atoms with Crippen LogP contribution in [-0.4, -0.2) is 15.0 Å². The lowest BCUT2D eigenvalue weighted by atomic mass is 9.70. The van der Waals surface area contributed by atoms with E-state index < -0.39 is 5.41 Å². The standard InChI is InChI=1S/C62H37N3S/c1-2-19-43-38(15-1)16-12-24-44(43)39-33-35-40(36-34-39)59-63-60(42-18-11-17-41(37-42)45-25-13-26-49-48-22-6-10-32-56(48)66-58(45)49)65-61(64-59)51-27-14-31-55-57(51)50-23-5-9-30-54(50)62(55)52-28-7-3-20-46(52)47-21-4-8-29-53(47)62/h1-37H. The lowest BCUT2D eigenvalue weighted by Crippen LogP contribution is -2.25. The zero-order valence-corrected chi connectivity index (χ0v) is 36.4. The predicted molar refractivity (Wildman–Crippen MR) is 274 cm³/mol. The van der Waals surface area contributed by atoms with Crippen molar-refractivity contribution in [2.75, 3.05) is 0 Å². The molecule has 0 bridgehead atoms. The fraction of sp³-hybridized carbons (Fsp3) is 0.0161. The van der Waals surface area contributed by atoms with E-state index in [-0.39, 0.29) is 0 Å². The van der Waals surface area contributed by atoms with Gasteiger partial charge in [-0.2, -0.15) is 0 Å². The van der Waals surface area contributed by atoms with Gasteiger partial charge in [0, 0.05) is 36.9 Å². The summed E-state index contributed by atoms with van der Waals surface area (Å²) in [6, 6.07) is 81.4. The summed E-state index contributed by atoms with van der Waals surface area (Å²) in [5, 5.41) is 5.02. The minimum atomic E-state index is -0.479. The van der Waals surface area contributed by atoms with Crippen molar-refractivity contribution >= 4 is 42.3 Å². The van der Waals surface area contributed by atoms with E-state index in [4.69, 9.17) is 15.0 Å². The molecule has 0 saturated heterocycles. The molecule has 1 spiro atoms. The predicted octanol–water partition coefficient (Wildman–Crippen LogP) is 16.1. The van der Waals surface area contributed by atoms with Crippen LogP contribution in [0.2, 0.25) is 0 Å². The van der Waals surface area contributed by atoms with Crippen molar-refractivity contribution in [3.8, 4) is 78.7 Å². The molecule has 2 heterocycles. The molecule has 2 aliphatic carbocycles. The molecule has 306 valence electrons. The van der Waals surface area contributed by atoms with E-state index in [1.807, 2.05) is 11.3 Å². The average Bonchev–Trinajstić information content (AvgIpc) is 4.03. The molecule has 2 aliphatic rings. The molecule has 0 fully saturated rings. The molecule has 0 atom stereocenters. The van der Waals surface area contributed by atoms with Crippen molar-refractivity contribution in [3.63, 3.8) is 0 Å². The number of rotatable bonds is 5. The van der Waals surface area contributed by atoms with E-state index in [9.17, 15) is 0 Å². The summed E-state index contributed by atoms with van der Waals surface area (Å²) in [6.07, 6.45) is 0. The lowest BCUT2D eigenvalue weighted by molar-refractivity contribution is 0.794. The Balaban J connectivity index is 0.980. The highest BCUT2D eigenvalue weighted by Crippen LogP contribution is 2.63. The van der Waals surface area contributed by atoms with Crippen LogP contribution in [0.5, 0.6) is 0 Å². The van der Waals surface area contributed by atoms with Gasteiger partial charge in [-0.1, -0.05) is 212 Å². The summed E-state index contributed by atoms with van der Waals surface area (Å²) in [7, 11) is 0. The Morgan fingerprint density at radius 2 is 0.803 bits per heavy atom. The van der Waals surface area contributed by atoms with Crippen molar-refractivity contribution in [2.45, 2.75) is 5.41 Å². The molecule has 12 aromatic rings. The number of thiophene rings is 1. The van der Waals surface area contributed by atoms with E-state index in [0.717, 1.165) is 27.8 Å². The number of hydrogen-bond donors (Lipinski definition) is 0. The number of hydrogen-bond acceptors (Lipinski definition) is 4. The van der Waals surface area contributed by atoms with Gasteiger partial charge in [0.05, 0.1) is 5.41 Å². The van der Waals surface area contributed by atoms with E-state index in [1.165, 1.54) is 86.6 Å². The summed E-state index contributed by atoms with van der Waals surface area (Å²) >= 11 is 1.85. The van der Waals surface area contributed by atoms with Gasteiger partial charge in [0.2, 0.25) is 0 Å². The van der Waals surface area contributed by atoms with Crippen molar-refractivity contribution in [1.82, 2.24) is 15.0 Å². The van der Waals surface area contributed by atoms with Crippen molar-refractivity contribution < 1.29 is 0 Å². The maximum absolute atomic E-state index is 5.47. The Morgan fingerprint density at radius 3 is 1.61 bits per heavy atom. The molecule has 66 heavy (non-hydrogen) atoms. The average molecular weight is 856 g/mol. The van der Waals surface area contributed by atoms with Gasteiger partial charge in [-0.3, -0.25) is 0 Å². The zero-order valence-electron chi connectivity index (χ0n) is 35.6. The SMILES string of the molecule is c1cc(-c2nc(-c3ccc(-c4cccc5ccccc45)cc3)nc(-c3cccc4c3-c3ccccc3C43c4ccccc4-c4ccccc43)n2)cc(-c2cccc3c2sc2ccccc23)c1. The maximum Gasteiger partial charge on any atom is 0.164 e. The topological polar surface area (TPSA) is 38.7 Å². The summed E-state index contributed by atoms with van der Waals surface area (Å²) in [5.74, 6) is 1.91.